The minimum atomic E-state index is -1.29. The molecule has 0 bridgehead atoms. The van der Waals surface area contributed by atoms with E-state index in [1.807, 2.05) is 48.5 Å². The van der Waals surface area contributed by atoms with E-state index in [0.29, 0.717) is 12.2 Å². The molecule has 0 spiro atoms. The van der Waals surface area contributed by atoms with Crippen LogP contribution in [0.25, 0.3) is 22.5 Å². The topological polar surface area (TPSA) is 122 Å². The second kappa shape index (κ2) is 14.7. The second-order valence-electron chi connectivity index (χ2n) is 8.92. The molecule has 1 heterocycles. The van der Waals surface area contributed by atoms with Crippen LogP contribution in [0.3, 0.4) is 0 Å². The number of nitrogens with zero attached hydrogens (tertiary/aromatic N) is 2. The molecule has 0 fully saturated rings. The van der Waals surface area contributed by atoms with Crippen LogP contribution in [0.1, 0.15) is 51.0 Å². The van der Waals surface area contributed by atoms with Crippen LogP contribution < -0.4 is 10.1 Å². The summed E-state index contributed by atoms with van der Waals surface area (Å²) in [5.41, 5.74) is 3.71. The normalized spacial score (nSPS) is 11.6. The third kappa shape index (κ3) is 8.99. The van der Waals surface area contributed by atoms with Crippen molar-refractivity contribution in [1.29, 1.82) is 0 Å². The van der Waals surface area contributed by atoms with Crippen LogP contribution in [-0.4, -0.2) is 51.3 Å². The average Bonchev–Trinajstić information content (AvgIpc) is 2.93. The highest BCUT2D eigenvalue weighted by molar-refractivity contribution is 5.83. The minimum absolute atomic E-state index is 0.122. The molecule has 0 saturated heterocycles. The Hall–Kier alpha value is -3.78. The number of carboxylic acids is 1. The van der Waals surface area contributed by atoms with E-state index in [0.717, 1.165) is 41.0 Å². The molecular weight excluding hydrogens is 470 g/mol. The Morgan fingerprint density at radius 2 is 1.54 bits per heavy atom. The zero-order valence-electron chi connectivity index (χ0n) is 21.2. The zero-order valence-corrected chi connectivity index (χ0v) is 21.2. The van der Waals surface area contributed by atoms with Gasteiger partial charge in [-0.05, 0) is 36.1 Å². The van der Waals surface area contributed by atoms with Crippen molar-refractivity contribution in [3.63, 3.8) is 0 Å². The molecule has 1 amide bonds. The van der Waals surface area contributed by atoms with E-state index in [1.165, 1.54) is 25.7 Å². The second-order valence-corrected chi connectivity index (χ2v) is 8.92. The summed E-state index contributed by atoms with van der Waals surface area (Å²) in [5, 5.41) is 20.2. The number of carbonyl (C=O) groups is 2. The largest absolute Gasteiger partial charge is 0.494 e. The van der Waals surface area contributed by atoms with Crippen LogP contribution in [-0.2, 0) is 16.0 Å². The number of aliphatic hydroxyl groups is 1. The molecule has 0 saturated carbocycles. The number of aryl methyl sites for hydroxylation is 1. The van der Waals surface area contributed by atoms with Crippen molar-refractivity contribution in [2.45, 2.75) is 57.9 Å². The number of aliphatic hydroxyl groups excluding tert-OH is 1. The van der Waals surface area contributed by atoms with Gasteiger partial charge in [0.2, 0.25) is 5.91 Å². The molecule has 1 atom stereocenters. The first-order valence-corrected chi connectivity index (χ1v) is 12.8. The van der Waals surface area contributed by atoms with Crippen LogP contribution in [0.4, 0.5) is 0 Å². The Morgan fingerprint density at radius 3 is 2.16 bits per heavy atom. The van der Waals surface area contributed by atoms with Crippen molar-refractivity contribution >= 4 is 11.9 Å². The number of carbonyl (C=O) groups excluding carboxylic acids is 1. The van der Waals surface area contributed by atoms with Gasteiger partial charge in [-0.2, -0.15) is 0 Å². The maximum absolute atomic E-state index is 11.9. The molecule has 2 aromatic carbocycles. The molecule has 1 aromatic heterocycles. The van der Waals surface area contributed by atoms with Crippen LogP contribution in [0, 0.1) is 0 Å². The van der Waals surface area contributed by atoms with Gasteiger partial charge in [-0.25, -0.2) is 14.8 Å². The monoisotopic (exact) mass is 505 g/mol. The maximum atomic E-state index is 11.9. The van der Waals surface area contributed by atoms with E-state index in [9.17, 15) is 9.59 Å². The van der Waals surface area contributed by atoms with Gasteiger partial charge in [0.05, 0.1) is 13.2 Å². The van der Waals surface area contributed by atoms with Crippen molar-refractivity contribution in [3.05, 3.63) is 66.5 Å². The molecule has 196 valence electrons. The number of nitrogens with one attached hydrogen (secondary N) is 1. The van der Waals surface area contributed by atoms with Crippen LogP contribution >= 0.6 is 0 Å². The summed E-state index contributed by atoms with van der Waals surface area (Å²) in [6.45, 7) is 2.31. The van der Waals surface area contributed by atoms with Crippen molar-refractivity contribution in [3.8, 4) is 28.3 Å². The highest BCUT2D eigenvalue weighted by Gasteiger charge is 2.18. The molecule has 0 radical (unpaired) electrons. The lowest BCUT2D eigenvalue weighted by Gasteiger charge is -2.11. The van der Waals surface area contributed by atoms with Gasteiger partial charge in [0, 0.05) is 29.9 Å². The predicted octanol–water partition coefficient (Wildman–Crippen LogP) is 4.65. The average molecular weight is 506 g/mol. The molecule has 8 heteroatoms. The third-order valence-electron chi connectivity index (χ3n) is 6.02. The molecule has 8 nitrogen and oxygen atoms in total. The minimum Gasteiger partial charge on any atom is -0.494 e. The van der Waals surface area contributed by atoms with Gasteiger partial charge in [-0.1, -0.05) is 69.0 Å². The molecule has 0 aliphatic carbocycles. The molecule has 0 aliphatic rings. The fourth-order valence-electron chi connectivity index (χ4n) is 3.80. The number of rotatable bonds is 15. The fourth-order valence-corrected chi connectivity index (χ4v) is 3.80. The zero-order chi connectivity index (χ0) is 26.5. The summed E-state index contributed by atoms with van der Waals surface area (Å²) >= 11 is 0. The Kier molecular flexibility index (Phi) is 11.0. The van der Waals surface area contributed by atoms with E-state index in [2.05, 4.69) is 22.2 Å². The fraction of sp³-hybridized carbons (Fsp3) is 0.379. The Balaban J connectivity index is 1.49. The lowest BCUT2D eigenvalue weighted by atomic mass is 10.1. The summed E-state index contributed by atoms with van der Waals surface area (Å²) < 4.78 is 5.84. The van der Waals surface area contributed by atoms with Gasteiger partial charge in [-0.15, -0.1) is 0 Å². The third-order valence-corrected chi connectivity index (χ3v) is 6.02. The number of carboxylic acid groups (broad SMARTS) is 1. The first-order chi connectivity index (χ1) is 18.0. The molecule has 37 heavy (non-hydrogen) atoms. The highest BCUT2D eigenvalue weighted by atomic mass is 16.5. The number of hydrogen-bond acceptors (Lipinski definition) is 6. The molecule has 3 N–H and O–H groups in total. The number of unbranched alkanes of at least 4 members (excludes halogenated alkanes) is 4. The van der Waals surface area contributed by atoms with Crippen molar-refractivity contribution in [2.75, 3.05) is 13.2 Å². The lowest BCUT2D eigenvalue weighted by Crippen LogP contribution is -2.43. The van der Waals surface area contributed by atoms with Crippen molar-refractivity contribution in [2.24, 2.45) is 0 Å². The Morgan fingerprint density at radius 1 is 0.892 bits per heavy atom. The summed E-state index contributed by atoms with van der Waals surface area (Å²) in [5.74, 6) is -0.222. The van der Waals surface area contributed by atoms with Gasteiger partial charge in [0.25, 0.3) is 0 Å². The molecule has 1 unspecified atom stereocenters. The lowest BCUT2D eigenvalue weighted by molar-refractivity contribution is -0.142. The number of aliphatic carboxylic acids is 1. The van der Waals surface area contributed by atoms with Gasteiger partial charge in [0.1, 0.15) is 11.8 Å². The number of ether oxygens (including phenoxy) is 1. The van der Waals surface area contributed by atoms with Crippen molar-refractivity contribution in [1.82, 2.24) is 15.3 Å². The van der Waals surface area contributed by atoms with Gasteiger partial charge in [-0.3, -0.25) is 4.79 Å². The molecular formula is C29H35N3O5. The van der Waals surface area contributed by atoms with E-state index >= 15 is 0 Å². The summed E-state index contributed by atoms with van der Waals surface area (Å²) in [6, 6.07) is 14.2. The van der Waals surface area contributed by atoms with Gasteiger partial charge >= 0.3 is 5.97 Å². The Bertz CT molecular complexity index is 1120. The van der Waals surface area contributed by atoms with E-state index in [-0.39, 0.29) is 6.42 Å². The van der Waals surface area contributed by atoms with Gasteiger partial charge < -0.3 is 20.3 Å². The van der Waals surface area contributed by atoms with E-state index in [1.54, 1.807) is 12.4 Å². The number of aromatic nitrogens is 2. The molecule has 0 aliphatic heterocycles. The predicted molar refractivity (Wildman–Crippen MR) is 142 cm³/mol. The highest BCUT2D eigenvalue weighted by Crippen LogP contribution is 2.23. The summed E-state index contributed by atoms with van der Waals surface area (Å²) in [4.78, 5) is 31.8. The number of amides is 1. The van der Waals surface area contributed by atoms with Crippen molar-refractivity contribution < 1.29 is 24.5 Å². The molecule has 3 rings (SSSR count). The first-order valence-electron chi connectivity index (χ1n) is 12.8. The smallest absolute Gasteiger partial charge is 0.328 e. The molecule has 3 aromatic rings. The van der Waals surface area contributed by atoms with E-state index < -0.39 is 24.5 Å². The Labute approximate surface area is 217 Å². The number of hydrogen-bond donors (Lipinski definition) is 3. The quantitative estimate of drug-likeness (QED) is 0.257. The van der Waals surface area contributed by atoms with Crippen LogP contribution in [0.2, 0.25) is 0 Å². The van der Waals surface area contributed by atoms with Crippen LogP contribution in [0.5, 0.6) is 5.75 Å². The standard InChI is InChI=1S/C29H35N3O5/c1-2-3-4-5-6-17-37-25-14-12-22(13-15-25)24-18-30-28(31-19-24)23-10-7-21(8-11-23)9-16-27(34)32-26(20-33)29(35)36/h7-8,10-15,18-19,26,33H,2-6,9,16-17,20H2,1H3,(H,32,34)(H,35,36). The van der Waals surface area contributed by atoms with Gasteiger partial charge in [0.15, 0.2) is 5.82 Å². The maximum Gasteiger partial charge on any atom is 0.328 e. The van der Waals surface area contributed by atoms with E-state index in [4.69, 9.17) is 14.9 Å². The SMILES string of the molecule is CCCCCCCOc1ccc(-c2cnc(-c3ccc(CCC(=O)NC(CO)C(=O)O)cc3)nc2)cc1. The van der Waals surface area contributed by atoms with Crippen LogP contribution in [0.15, 0.2) is 60.9 Å². The first kappa shape index (κ1) is 27.8. The summed E-state index contributed by atoms with van der Waals surface area (Å²) in [7, 11) is 0. The summed E-state index contributed by atoms with van der Waals surface area (Å²) in [6.07, 6.45) is 10.2. The number of benzene rings is 2.